The molecule has 0 bridgehead atoms. The molecule has 17 heteroatoms. The zero-order chi connectivity index (χ0) is 32.1. The molecule has 3 aromatic rings. The molecule has 1 aliphatic carbocycles. The second-order valence-electron chi connectivity index (χ2n) is 11.0. The van der Waals surface area contributed by atoms with Gasteiger partial charge in [0.05, 0.1) is 53.8 Å². The molecule has 1 saturated heterocycles. The van der Waals surface area contributed by atoms with Crippen LogP contribution in [0.5, 0.6) is 5.75 Å². The van der Waals surface area contributed by atoms with Crippen LogP contribution in [0.4, 0.5) is 21.6 Å². The van der Waals surface area contributed by atoms with E-state index in [0.29, 0.717) is 52.9 Å². The Hall–Kier alpha value is -3.98. The Bertz CT molecular complexity index is 1570. The van der Waals surface area contributed by atoms with E-state index in [0.717, 1.165) is 25.8 Å². The number of piperidine rings is 1. The summed E-state index contributed by atoms with van der Waals surface area (Å²) < 4.78 is 19.4. The lowest BCUT2D eigenvalue weighted by Gasteiger charge is -2.28. The van der Waals surface area contributed by atoms with Crippen LogP contribution >= 0.6 is 11.3 Å². The molecule has 2 fully saturated rings. The molecule has 3 amide bonds. The number of thiazole rings is 1. The SMILES string of the molecule is [B]C([B])([B])NC(=O)c1nnc(NC(=O)C2CC2)cc1Nc1cccc(-c2ncc(C(=O)NCCN3CCCC(F)C3)s2)c1OC. The summed E-state index contributed by atoms with van der Waals surface area (Å²) in [5.74, 6) is -0.882. The predicted octanol–water partition coefficient (Wildman–Crippen LogP) is 1.71. The Morgan fingerprint density at radius 2 is 1.93 bits per heavy atom. The second-order valence-corrected chi connectivity index (χ2v) is 12.0. The number of halogens is 1. The first kappa shape index (κ1) is 32.4. The molecule has 5 rings (SSSR count). The standard InChI is InChI=1S/C28H30B3FN8O4S/c1-44-23-17(27-34-13-20(45-27)25(42)33-9-11-40-10-3-4-16(32)14-40)5-2-6-18(23)35-19-12-21(36-24(41)15-7-8-15)38-39-22(19)26(43)37-28(29,30)31/h2,5-6,12-13,15-16H,3-4,7-11,14H2,1H3,(H,33,42)(H,37,43)(H2,35,36,38,41). The first-order valence-electron chi connectivity index (χ1n) is 14.4. The van der Waals surface area contributed by atoms with Crippen LogP contribution in [0.3, 0.4) is 0 Å². The number of amides is 3. The summed E-state index contributed by atoms with van der Waals surface area (Å²) in [7, 11) is 18.1. The number of hydrogen-bond donors (Lipinski definition) is 4. The number of anilines is 3. The van der Waals surface area contributed by atoms with Gasteiger partial charge in [-0.15, -0.1) is 21.5 Å². The van der Waals surface area contributed by atoms with E-state index in [2.05, 4.69) is 36.4 Å². The van der Waals surface area contributed by atoms with Crippen LogP contribution in [0, 0.1) is 5.92 Å². The van der Waals surface area contributed by atoms with E-state index in [-0.39, 0.29) is 34.9 Å². The second kappa shape index (κ2) is 14.0. The third-order valence-electron chi connectivity index (χ3n) is 7.15. The highest BCUT2D eigenvalue weighted by Crippen LogP contribution is 2.40. The van der Waals surface area contributed by atoms with Gasteiger partial charge in [0.25, 0.3) is 11.8 Å². The van der Waals surface area contributed by atoms with Gasteiger partial charge in [0.2, 0.25) is 5.91 Å². The molecule has 1 atom stereocenters. The van der Waals surface area contributed by atoms with Crippen LogP contribution in [-0.2, 0) is 4.79 Å². The maximum absolute atomic E-state index is 13.7. The van der Waals surface area contributed by atoms with E-state index in [1.165, 1.54) is 30.7 Å². The van der Waals surface area contributed by atoms with Crippen molar-refractivity contribution in [2.75, 3.05) is 43.9 Å². The van der Waals surface area contributed by atoms with Crippen LogP contribution in [0.25, 0.3) is 10.6 Å². The van der Waals surface area contributed by atoms with Crippen molar-refractivity contribution in [2.45, 2.75) is 37.1 Å². The van der Waals surface area contributed by atoms with Gasteiger partial charge in [-0.1, -0.05) is 11.3 Å². The fourth-order valence-corrected chi connectivity index (χ4v) is 5.69. The number of alkyl halides is 1. The van der Waals surface area contributed by atoms with E-state index in [4.69, 9.17) is 28.3 Å². The van der Waals surface area contributed by atoms with Crippen molar-refractivity contribution >= 4 is 69.8 Å². The van der Waals surface area contributed by atoms with Gasteiger partial charge in [0, 0.05) is 31.6 Å². The van der Waals surface area contributed by atoms with Crippen LogP contribution in [0.1, 0.15) is 45.8 Å². The smallest absolute Gasteiger partial charge is 0.272 e. The molecule has 2 aliphatic rings. The van der Waals surface area contributed by atoms with Crippen LogP contribution in [0.2, 0.25) is 0 Å². The van der Waals surface area contributed by atoms with Crippen molar-refractivity contribution in [3.63, 3.8) is 0 Å². The summed E-state index contributed by atoms with van der Waals surface area (Å²) in [6, 6.07) is 6.67. The molecule has 1 aliphatic heterocycles. The van der Waals surface area contributed by atoms with Crippen molar-refractivity contribution in [3.05, 3.63) is 41.0 Å². The Morgan fingerprint density at radius 1 is 1.13 bits per heavy atom. The maximum Gasteiger partial charge on any atom is 0.272 e. The van der Waals surface area contributed by atoms with E-state index >= 15 is 0 Å². The molecule has 45 heavy (non-hydrogen) atoms. The summed E-state index contributed by atoms with van der Waals surface area (Å²) in [5, 5.41) is 17.4. The number of para-hydroxylation sites is 1. The predicted molar refractivity (Wildman–Crippen MR) is 171 cm³/mol. The minimum absolute atomic E-state index is 0.0839. The van der Waals surface area contributed by atoms with Crippen LogP contribution in [-0.4, -0.2) is 106 Å². The topological polar surface area (TPSA) is 150 Å². The molecule has 228 valence electrons. The molecule has 1 unspecified atom stereocenters. The Morgan fingerprint density at radius 3 is 2.64 bits per heavy atom. The number of likely N-dealkylation sites (tertiary alicyclic amines) is 1. The van der Waals surface area contributed by atoms with E-state index in [9.17, 15) is 18.8 Å². The largest absolute Gasteiger partial charge is 0.494 e. The van der Waals surface area contributed by atoms with Crippen molar-refractivity contribution in [2.24, 2.45) is 5.92 Å². The number of aromatic nitrogens is 3. The van der Waals surface area contributed by atoms with Gasteiger partial charge in [-0.25, -0.2) is 9.37 Å². The maximum atomic E-state index is 13.7. The lowest BCUT2D eigenvalue weighted by atomic mass is 9.49. The molecule has 3 heterocycles. The zero-order valence-electron chi connectivity index (χ0n) is 24.6. The number of carbonyl (C=O) groups is 3. The summed E-state index contributed by atoms with van der Waals surface area (Å²) >= 11 is 1.18. The van der Waals surface area contributed by atoms with E-state index in [1.54, 1.807) is 18.2 Å². The first-order valence-corrected chi connectivity index (χ1v) is 15.2. The Balaban J connectivity index is 1.35. The molecule has 4 N–H and O–H groups in total. The number of ether oxygens (including phenoxy) is 1. The number of nitrogens with zero attached hydrogens (tertiary/aromatic N) is 4. The number of methoxy groups -OCH3 is 1. The third-order valence-corrected chi connectivity index (χ3v) is 8.18. The van der Waals surface area contributed by atoms with Gasteiger partial charge in [-0.3, -0.25) is 19.3 Å². The van der Waals surface area contributed by atoms with Gasteiger partial charge < -0.3 is 26.0 Å². The molecular formula is C28H30B3FN8O4S. The molecule has 2 aromatic heterocycles. The van der Waals surface area contributed by atoms with Gasteiger partial charge in [-0.2, -0.15) is 0 Å². The van der Waals surface area contributed by atoms with Crippen molar-refractivity contribution in [1.82, 2.24) is 30.7 Å². The molecule has 1 saturated carbocycles. The Labute approximate surface area is 267 Å². The van der Waals surface area contributed by atoms with Gasteiger partial charge >= 0.3 is 0 Å². The molecule has 6 radical (unpaired) electrons. The summed E-state index contributed by atoms with van der Waals surface area (Å²) in [5.41, 5.74) is 0.955. The molecule has 0 spiro atoms. The van der Waals surface area contributed by atoms with Crippen LogP contribution < -0.4 is 26.0 Å². The lowest BCUT2D eigenvalue weighted by molar-refractivity contribution is -0.117. The first-order chi connectivity index (χ1) is 21.5. The normalized spacial score (nSPS) is 16.9. The zero-order valence-corrected chi connectivity index (χ0v) is 25.5. The highest BCUT2D eigenvalue weighted by Gasteiger charge is 2.30. The highest BCUT2D eigenvalue weighted by molar-refractivity contribution is 7.17. The lowest BCUT2D eigenvalue weighted by Crippen LogP contribution is -2.50. The van der Waals surface area contributed by atoms with E-state index in [1.807, 2.05) is 4.90 Å². The summed E-state index contributed by atoms with van der Waals surface area (Å²) in [4.78, 5) is 45.0. The van der Waals surface area contributed by atoms with E-state index < -0.39 is 17.3 Å². The summed E-state index contributed by atoms with van der Waals surface area (Å²) in [6.45, 7) is 2.16. The minimum Gasteiger partial charge on any atom is -0.494 e. The number of carbonyl (C=O) groups excluding carboxylic acids is 3. The van der Waals surface area contributed by atoms with Crippen LogP contribution in [0.15, 0.2) is 30.5 Å². The quantitative estimate of drug-likeness (QED) is 0.221. The van der Waals surface area contributed by atoms with Gasteiger partial charge in [-0.05, 0) is 44.4 Å². The monoisotopic (exact) mass is 626 g/mol. The van der Waals surface area contributed by atoms with Crippen molar-refractivity contribution < 1.29 is 23.5 Å². The minimum atomic E-state index is -2.02. The number of hydrogen-bond acceptors (Lipinski definition) is 10. The average Bonchev–Trinajstić information content (AvgIpc) is 3.73. The Kier molecular flexibility index (Phi) is 10.1. The molecule has 1 aromatic carbocycles. The number of rotatable bonds is 12. The third kappa shape index (κ3) is 8.60. The van der Waals surface area contributed by atoms with Crippen molar-refractivity contribution in [3.8, 4) is 16.3 Å². The van der Waals surface area contributed by atoms with Gasteiger partial charge in [0.15, 0.2) is 17.3 Å². The average molecular weight is 626 g/mol. The molecule has 12 nitrogen and oxygen atoms in total. The number of benzene rings is 1. The molecular weight excluding hydrogens is 596 g/mol. The number of nitrogens with one attached hydrogen (secondary N) is 4. The fourth-order valence-electron chi connectivity index (χ4n) is 4.83. The van der Waals surface area contributed by atoms with Gasteiger partial charge in [0.1, 0.15) is 16.1 Å². The summed E-state index contributed by atoms with van der Waals surface area (Å²) in [6.07, 6.45) is 3.63. The van der Waals surface area contributed by atoms with Crippen molar-refractivity contribution in [1.29, 1.82) is 0 Å². The fraction of sp³-hybridized carbons (Fsp3) is 0.429. The highest BCUT2D eigenvalue weighted by atomic mass is 32.1.